The number of hydrogen-bond donors (Lipinski definition) is 1. The van der Waals surface area contributed by atoms with Crippen molar-refractivity contribution < 1.29 is 17.9 Å². The van der Waals surface area contributed by atoms with Crippen LogP contribution in [0.1, 0.15) is 13.8 Å². The number of hydrogen-bond acceptors (Lipinski definition) is 5. The highest BCUT2D eigenvalue weighted by Gasteiger charge is 2.32. The van der Waals surface area contributed by atoms with Gasteiger partial charge in [-0.1, -0.05) is 13.8 Å². The summed E-state index contributed by atoms with van der Waals surface area (Å²) in [7, 11) is -1.90. The number of ether oxygens (including phenoxy) is 2. The van der Waals surface area contributed by atoms with Crippen molar-refractivity contribution in [3.63, 3.8) is 0 Å². The molecule has 1 N–H and O–H groups in total. The van der Waals surface area contributed by atoms with Crippen LogP contribution < -0.4 is 9.46 Å². The third-order valence-electron chi connectivity index (χ3n) is 4.13. The van der Waals surface area contributed by atoms with E-state index in [1.807, 2.05) is 0 Å². The van der Waals surface area contributed by atoms with Gasteiger partial charge in [-0.25, -0.2) is 13.1 Å². The van der Waals surface area contributed by atoms with Crippen molar-refractivity contribution >= 4 is 10.0 Å². The van der Waals surface area contributed by atoms with Crippen LogP contribution in [0.5, 0.6) is 5.75 Å². The van der Waals surface area contributed by atoms with Crippen LogP contribution >= 0.6 is 0 Å². The second kappa shape index (κ2) is 8.10. The summed E-state index contributed by atoms with van der Waals surface area (Å²) < 4.78 is 38.2. The number of benzene rings is 1. The number of likely N-dealkylation sites (tertiary alicyclic amines) is 1. The molecule has 0 spiro atoms. The number of sulfonamides is 1. The molecule has 1 aromatic carbocycles. The Balaban J connectivity index is 1.99. The Kier molecular flexibility index (Phi) is 6.41. The third-order valence-corrected chi connectivity index (χ3v) is 5.64. The average molecular weight is 342 g/mol. The van der Waals surface area contributed by atoms with E-state index < -0.39 is 10.0 Å². The quantitative estimate of drug-likeness (QED) is 0.722. The van der Waals surface area contributed by atoms with Crippen molar-refractivity contribution in [1.82, 2.24) is 9.62 Å². The van der Waals surface area contributed by atoms with Crippen molar-refractivity contribution in [1.29, 1.82) is 0 Å². The molecule has 1 heterocycles. The number of nitrogens with one attached hydrogen (secondary N) is 1. The zero-order valence-electron chi connectivity index (χ0n) is 14.0. The summed E-state index contributed by atoms with van der Waals surface area (Å²) in [5.74, 6) is 0.939. The number of likely N-dealkylation sites (N-methyl/N-ethyl adjacent to an activating group) is 1. The largest absolute Gasteiger partial charge is 0.491 e. The first kappa shape index (κ1) is 18.2. The summed E-state index contributed by atoms with van der Waals surface area (Å²) >= 11 is 0. The van der Waals surface area contributed by atoms with Crippen LogP contribution in [-0.4, -0.2) is 59.3 Å². The molecule has 2 rings (SSSR count). The molecule has 6 nitrogen and oxygen atoms in total. The van der Waals surface area contributed by atoms with Gasteiger partial charge >= 0.3 is 0 Å². The zero-order chi connectivity index (χ0) is 16.9. The lowest BCUT2D eigenvalue weighted by Crippen LogP contribution is -2.39. The topological polar surface area (TPSA) is 67.9 Å². The normalized spacial score (nSPS) is 22.4. The summed E-state index contributed by atoms with van der Waals surface area (Å²) in [5.41, 5.74) is 0. The van der Waals surface area contributed by atoms with Gasteiger partial charge in [0.15, 0.2) is 0 Å². The van der Waals surface area contributed by atoms with E-state index in [4.69, 9.17) is 9.47 Å². The minimum atomic E-state index is -3.51. The van der Waals surface area contributed by atoms with Crippen LogP contribution in [0.15, 0.2) is 29.2 Å². The van der Waals surface area contributed by atoms with Gasteiger partial charge in [0, 0.05) is 26.2 Å². The summed E-state index contributed by atoms with van der Waals surface area (Å²) in [6.45, 7) is 7.73. The first-order valence-electron chi connectivity index (χ1n) is 7.92. The molecule has 7 heteroatoms. The van der Waals surface area contributed by atoms with Crippen LogP contribution in [0.2, 0.25) is 0 Å². The molecule has 0 aromatic heterocycles. The van der Waals surface area contributed by atoms with Crippen LogP contribution in [0.4, 0.5) is 0 Å². The van der Waals surface area contributed by atoms with Crippen LogP contribution in [0, 0.1) is 5.92 Å². The Labute approximate surface area is 138 Å². The smallest absolute Gasteiger partial charge is 0.240 e. The Morgan fingerprint density at radius 1 is 1.22 bits per heavy atom. The molecule has 1 aromatic rings. The van der Waals surface area contributed by atoms with Gasteiger partial charge in [-0.2, -0.15) is 0 Å². The number of nitrogens with zero attached hydrogens (tertiary/aromatic N) is 1. The molecule has 1 saturated heterocycles. The maximum atomic E-state index is 12.5. The Bertz CT molecular complexity index is 589. The lowest BCUT2D eigenvalue weighted by atomic mass is 10.1. The first-order valence-corrected chi connectivity index (χ1v) is 9.41. The summed E-state index contributed by atoms with van der Waals surface area (Å²) in [6.07, 6.45) is 0. The maximum Gasteiger partial charge on any atom is 0.240 e. The van der Waals surface area contributed by atoms with E-state index in [1.165, 1.54) is 0 Å². The van der Waals surface area contributed by atoms with Crippen molar-refractivity contribution in [2.45, 2.75) is 24.8 Å². The number of rotatable bonds is 8. The molecule has 1 aliphatic heterocycles. The Hall–Kier alpha value is -1.15. The van der Waals surface area contributed by atoms with Crippen molar-refractivity contribution in [2.24, 2.45) is 5.92 Å². The SMILES string of the molecule is CCN1CC(C)C(NS(=O)(=O)c2ccc(OCCOC)cc2)C1. The van der Waals surface area contributed by atoms with E-state index in [9.17, 15) is 8.42 Å². The van der Waals surface area contributed by atoms with Gasteiger partial charge in [-0.3, -0.25) is 0 Å². The minimum absolute atomic E-state index is 0.0439. The average Bonchev–Trinajstić information content (AvgIpc) is 2.88. The fourth-order valence-corrected chi connectivity index (χ4v) is 4.04. The molecule has 0 bridgehead atoms. The second-order valence-electron chi connectivity index (χ2n) is 5.87. The highest BCUT2D eigenvalue weighted by molar-refractivity contribution is 7.89. The van der Waals surface area contributed by atoms with E-state index in [-0.39, 0.29) is 10.9 Å². The maximum absolute atomic E-state index is 12.5. The van der Waals surface area contributed by atoms with E-state index in [1.54, 1.807) is 31.4 Å². The van der Waals surface area contributed by atoms with E-state index in [0.29, 0.717) is 24.9 Å². The zero-order valence-corrected chi connectivity index (χ0v) is 14.8. The fourth-order valence-electron chi connectivity index (χ4n) is 2.70. The Morgan fingerprint density at radius 2 is 1.91 bits per heavy atom. The molecule has 1 aliphatic rings. The monoisotopic (exact) mass is 342 g/mol. The van der Waals surface area contributed by atoms with Gasteiger partial charge in [0.1, 0.15) is 12.4 Å². The van der Waals surface area contributed by atoms with Crippen molar-refractivity contribution in [2.75, 3.05) is 40.0 Å². The molecule has 2 unspecified atom stereocenters. The van der Waals surface area contributed by atoms with Gasteiger partial charge in [-0.05, 0) is 36.7 Å². The summed E-state index contributed by atoms with van der Waals surface area (Å²) in [6, 6.07) is 6.43. The molecule has 0 aliphatic carbocycles. The van der Waals surface area contributed by atoms with Crippen LogP contribution in [0.3, 0.4) is 0 Å². The lowest BCUT2D eigenvalue weighted by molar-refractivity contribution is 0.146. The van der Waals surface area contributed by atoms with Crippen LogP contribution in [-0.2, 0) is 14.8 Å². The first-order chi connectivity index (χ1) is 11.0. The standard InChI is InChI=1S/C16H26N2O4S/c1-4-18-11-13(2)16(12-18)17-23(19,20)15-7-5-14(6-8-15)22-10-9-21-3/h5-8,13,16-17H,4,9-12H2,1-3H3. The van der Waals surface area contributed by atoms with Crippen molar-refractivity contribution in [3.05, 3.63) is 24.3 Å². The molecule has 0 amide bonds. The molecule has 1 fully saturated rings. The Morgan fingerprint density at radius 3 is 2.48 bits per heavy atom. The van der Waals surface area contributed by atoms with E-state index >= 15 is 0 Å². The second-order valence-corrected chi connectivity index (χ2v) is 7.58. The number of methoxy groups -OCH3 is 1. The predicted octanol–water partition coefficient (Wildman–Crippen LogP) is 1.33. The molecular formula is C16H26N2O4S. The van der Waals surface area contributed by atoms with E-state index in [2.05, 4.69) is 23.5 Å². The molecular weight excluding hydrogens is 316 g/mol. The van der Waals surface area contributed by atoms with Crippen LogP contribution in [0.25, 0.3) is 0 Å². The molecule has 130 valence electrons. The summed E-state index contributed by atoms with van der Waals surface area (Å²) in [5, 5.41) is 0. The van der Waals surface area contributed by atoms with E-state index in [0.717, 1.165) is 19.6 Å². The molecule has 0 radical (unpaired) electrons. The van der Waals surface area contributed by atoms with Gasteiger partial charge in [0.25, 0.3) is 0 Å². The third kappa shape index (κ3) is 4.91. The van der Waals surface area contributed by atoms with Crippen molar-refractivity contribution in [3.8, 4) is 5.75 Å². The van der Waals surface area contributed by atoms with Gasteiger partial charge in [-0.15, -0.1) is 0 Å². The highest BCUT2D eigenvalue weighted by atomic mass is 32.2. The predicted molar refractivity (Wildman–Crippen MR) is 89.2 cm³/mol. The summed E-state index contributed by atoms with van der Waals surface area (Å²) in [4.78, 5) is 2.52. The van der Waals surface area contributed by atoms with Gasteiger partial charge in [0.2, 0.25) is 10.0 Å². The molecule has 23 heavy (non-hydrogen) atoms. The molecule has 0 saturated carbocycles. The minimum Gasteiger partial charge on any atom is -0.491 e. The highest BCUT2D eigenvalue weighted by Crippen LogP contribution is 2.20. The molecule has 2 atom stereocenters. The van der Waals surface area contributed by atoms with Gasteiger partial charge < -0.3 is 14.4 Å². The fraction of sp³-hybridized carbons (Fsp3) is 0.625. The van der Waals surface area contributed by atoms with Gasteiger partial charge in [0.05, 0.1) is 11.5 Å². The lowest BCUT2D eigenvalue weighted by Gasteiger charge is -2.17.